The van der Waals surface area contributed by atoms with E-state index in [1.165, 1.54) is 116 Å². The molecule has 0 spiro atoms. The number of hydrogen-bond donors (Lipinski definition) is 5. The van der Waals surface area contributed by atoms with E-state index in [1.54, 1.807) is 32.9 Å². The van der Waals surface area contributed by atoms with Crippen LogP contribution in [0.4, 0.5) is 0 Å². The van der Waals surface area contributed by atoms with Crippen molar-refractivity contribution in [3.8, 4) is 0 Å². The Kier molecular flexibility index (Phi) is 45.8. The van der Waals surface area contributed by atoms with Gasteiger partial charge in [-0.1, -0.05) is 174 Å². The molecular formula is C58H102GdN5O15P. The van der Waals surface area contributed by atoms with Crippen molar-refractivity contribution >= 4 is 43.6 Å². The predicted molar refractivity (Wildman–Crippen MR) is 303 cm³/mol. The Morgan fingerprint density at radius 1 is 0.588 bits per heavy atom. The van der Waals surface area contributed by atoms with Gasteiger partial charge < -0.3 is 35.0 Å². The van der Waals surface area contributed by atoms with Crippen LogP contribution < -0.4 is 5.32 Å². The quantitative estimate of drug-likeness (QED) is 0.0230. The van der Waals surface area contributed by atoms with Crippen LogP contribution >= 0.6 is 7.82 Å². The Labute approximate surface area is 510 Å². The molecule has 1 aromatic heterocycles. The minimum absolute atomic E-state index is 0. The molecule has 3 atom stereocenters. The van der Waals surface area contributed by atoms with Gasteiger partial charge in [0.05, 0.1) is 37.7 Å². The Morgan fingerprint density at radius 2 is 1.02 bits per heavy atom. The predicted octanol–water partition coefficient (Wildman–Crippen LogP) is 10.5. The molecule has 5 N–H and O–H groups in total. The second kappa shape index (κ2) is 48.6. The average molecular weight is 1300 g/mol. The number of esters is 2. The third-order valence-electron chi connectivity index (χ3n) is 14.2. The van der Waals surface area contributed by atoms with Crippen molar-refractivity contribution in [1.82, 2.24) is 25.0 Å². The van der Waals surface area contributed by atoms with Gasteiger partial charge in [0.1, 0.15) is 12.6 Å². The van der Waals surface area contributed by atoms with Gasteiger partial charge in [0.25, 0.3) is 0 Å². The van der Waals surface area contributed by atoms with Gasteiger partial charge in [-0.15, -0.1) is 0 Å². The molecule has 0 radical (unpaired) electrons. The van der Waals surface area contributed by atoms with E-state index in [4.69, 9.17) is 18.5 Å². The number of hydrogen-bond acceptors (Lipinski definition) is 15. The minimum Gasteiger partial charge on any atom is -0.480 e. The van der Waals surface area contributed by atoms with Crippen LogP contribution in [0.5, 0.6) is 0 Å². The second-order valence-electron chi connectivity index (χ2n) is 21.3. The van der Waals surface area contributed by atoms with E-state index in [-0.39, 0.29) is 138 Å². The molecule has 1 aromatic rings. The molecule has 0 saturated heterocycles. The number of fused-ring (bicyclic) bond motifs is 2. The van der Waals surface area contributed by atoms with E-state index in [0.717, 1.165) is 38.5 Å². The molecule has 22 heteroatoms. The normalized spacial score (nSPS) is 15.1. The van der Waals surface area contributed by atoms with Crippen molar-refractivity contribution in [2.75, 3.05) is 65.6 Å². The summed E-state index contributed by atoms with van der Waals surface area (Å²) in [5, 5.41) is 32.1. The Balaban J connectivity index is 0.0000320. The number of rotatable bonds is 48. The number of amides is 1. The third-order valence-corrected chi connectivity index (χ3v) is 15.2. The van der Waals surface area contributed by atoms with E-state index >= 15 is 0 Å². The Hall–Kier alpha value is -2.72. The van der Waals surface area contributed by atoms with Crippen LogP contribution in [0.3, 0.4) is 0 Å². The summed E-state index contributed by atoms with van der Waals surface area (Å²) in [5.41, 5.74) is 1.18. The maximum absolute atomic E-state index is 12.9. The average Bonchev–Trinajstić information content (AvgIpc) is 3.39. The molecule has 1 aliphatic rings. The first-order valence-corrected chi connectivity index (χ1v) is 31.6. The van der Waals surface area contributed by atoms with E-state index in [0.29, 0.717) is 24.2 Å². The molecule has 2 heterocycles. The summed E-state index contributed by atoms with van der Waals surface area (Å²) in [7, 11) is -4.74. The number of aromatic nitrogens is 1. The fraction of sp³-hybridized carbons (Fsp3) is 0.810. The standard InChI is InChI=1S/C58H102N5O15P.Gd/c1-3-5-7-9-11-13-15-17-19-21-23-25-27-35-56(69)75-47-51(78-57(70)36-28-26-24-22-20-18-16-14-12-10-8-6-4-2)48-77-79(73,74)76-42-37-59-53(64)34-30-33-52(58(71)72)63-40-38-61(45-54(65)66)43-49-31-29-32-50(60-49)44-62(39-41-63)46-55(67)68;/h29,31-32,51-52H,3-28,30,33-48H2,1-2H3,(H,59,64)(H,65,66)(H,67,68)(H,71,72)(H,73,74);/t51-,52?;/m1./s1. The molecule has 20 nitrogen and oxygen atoms in total. The van der Waals surface area contributed by atoms with Gasteiger partial charge >= 0.3 is 37.7 Å². The summed E-state index contributed by atoms with van der Waals surface area (Å²) in [6.07, 6.45) is 29.5. The molecule has 2 unspecified atom stereocenters. The van der Waals surface area contributed by atoms with Gasteiger partial charge in [-0.05, 0) is 37.8 Å². The molecule has 80 heavy (non-hydrogen) atoms. The van der Waals surface area contributed by atoms with E-state index in [2.05, 4.69) is 24.1 Å². The summed E-state index contributed by atoms with van der Waals surface area (Å²) >= 11 is 0. The van der Waals surface area contributed by atoms with Crippen LogP contribution in [0.25, 0.3) is 0 Å². The summed E-state index contributed by atoms with van der Waals surface area (Å²) in [6, 6.07) is 4.19. The Morgan fingerprint density at radius 3 is 1.46 bits per heavy atom. The molecule has 2 rings (SSSR count). The number of pyridine rings is 1. The number of carbonyl (C=O) groups excluding carboxylic acids is 3. The molecule has 462 valence electrons. The van der Waals surface area contributed by atoms with Gasteiger partial charge in [-0.2, -0.15) is 0 Å². The summed E-state index contributed by atoms with van der Waals surface area (Å²) < 4.78 is 34.3. The topological polar surface area (TPSA) is 272 Å². The second-order valence-corrected chi connectivity index (χ2v) is 22.8. The van der Waals surface area contributed by atoms with E-state index < -0.39 is 68.9 Å². The van der Waals surface area contributed by atoms with Gasteiger partial charge in [0.15, 0.2) is 6.10 Å². The van der Waals surface area contributed by atoms with Crippen LogP contribution in [-0.4, -0.2) is 153 Å². The number of unbranched alkanes of at least 4 members (excludes halogenated alkanes) is 24. The zero-order valence-corrected chi connectivity index (χ0v) is 51.8. The van der Waals surface area contributed by atoms with Gasteiger partial charge in [-0.25, -0.2) is 4.57 Å². The number of aliphatic carboxylic acids is 3. The van der Waals surface area contributed by atoms with Crippen LogP contribution in [0.1, 0.15) is 224 Å². The van der Waals surface area contributed by atoms with E-state index in [9.17, 15) is 53.5 Å². The number of phosphoric acid groups is 1. The summed E-state index contributed by atoms with van der Waals surface area (Å²) in [5.74, 6) is -4.75. The number of carboxylic acid groups (broad SMARTS) is 3. The van der Waals surface area contributed by atoms with Crippen molar-refractivity contribution in [1.29, 1.82) is 0 Å². The van der Waals surface area contributed by atoms with Crippen molar-refractivity contribution < 1.29 is 112 Å². The van der Waals surface area contributed by atoms with Crippen LogP contribution in [-0.2, 0) is 64.9 Å². The maximum atomic E-state index is 12.9. The zero-order valence-electron chi connectivity index (χ0n) is 48.7. The molecule has 1 aliphatic heterocycles. The summed E-state index contributed by atoms with van der Waals surface area (Å²) in [4.78, 5) is 94.7. The number of nitrogens with one attached hydrogen (secondary N) is 1. The fourth-order valence-corrected chi connectivity index (χ4v) is 10.5. The number of carboxylic acids is 3. The Bertz CT molecular complexity index is 1840. The SMILES string of the molecule is CCCCCCCCCCCCCCCC(=O)OC[C@H](COP(=O)(O)OCCNC(=O)CCCC(C(=O)O)N1CCN(CC(=O)O)Cc2cccc(n2)CN(CC(=O)O)CC1)OC(=O)CCCCCCCCCCCCCCC.[Gd]. The van der Waals surface area contributed by atoms with Crippen LogP contribution in [0, 0.1) is 39.9 Å². The molecule has 2 bridgehead atoms. The molecule has 0 fully saturated rings. The van der Waals surface area contributed by atoms with Gasteiger partial charge in [-0.3, -0.25) is 57.5 Å². The monoisotopic (exact) mass is 1300 g/mol. The number of ether oxygens (including phenoxy) is 2. The maximum Gasteiger partial charge on any atom is 0.472 e. The van der Waals surface area contributed by atoms with Crippen molar-refractivity contribution in [2.24, 2.45) is 0 Å². The number of nitrogens with zero attached hydrogens (tertiary/aromatic N) is 4. The van der Waals surface area contributed by atoms with Crippen LogP contribution in [0.15, 0.2) is 18.2 Å². The minimum atomic E-state index is -4.74. The third kappa shape index (κ3) is 41.3. The molecular weight excluding hydrogens is 1190 g/mol. The first-order chi connectivity index (χ1) is 38.1. The van der Waals surface area contributed by atoms with Gasteiger partial charge in [0, 0.05) is 105 Å². The fourth-order valence-electron chi connectivity index (χ4n) is 9.70. The van der Waals surface area contributed by atoms with Crippen molar-refractivity contribution in [3.63, 3.8) is 0 Å². The van der Waals surface area contributed by atoms with Crippen molar-refractivity contribution in [2.45, 2.75) is 238 Å². The van der Waals surface area contributed by atoms with Crippen LogP contribution in [0.2, 0.25) is 0 Å². The zero-order chi connectivity index (χ0) is 57.8. The van der Waals surface area contributed by atoms with Crippen molar-refractivity contribution in [3.05, 3.63) is 29.6 Å². The number of phosphoric ester groups is 1. The first-order valence-electron chi connectivity index (χ1n) is 30.1. The molecule has 0 saturated carbocycles. The molecule has 0 aromatic carbocycles. The smallest absolute Gasteiger partial charge is 0.472 e. The summed E-state index contributed by atoms with van der Waals surface area (Å²) in [6.45, 7) is 3.27. The molecule has 0 aliphatic carbocycles. The largest absolute Gasteiger partial charge is 0.480 e. The van der Waals surface area contributed by atoms with Gasteiger partial charge in [0.2, 0.25) is 5.91 Å². The molecule has 1 amide bonds. The number of carbonyl (C=O) groups is 6. The van der Waals surface area contributed by atoms with E-state index in [1.807, 2.05) is 0 Å². The first kappa shape index (κ1) is 75.3.